The summed E-state index contributed by atoms with van der Waals surface area (Å²) in [4.78, 5) is 17.4. The lowest BCUT2D eigenvalue weighted by molar-refractivity contribution is -0.129. The first kappa shape index (κ1) is 18.8. The molecule has 136 valence electrons. The molecule has 0 atom stereocenters. The van der Waals surface area contributed by atoms with Crippen LogP contribution in [0.1, 0.15) is 12.0 Å². The molecule has 0 N–H and O–H groups in total. The van der Waals surface area contributed by atoms with Gasteiger partial charge in [0.2, 0.25) is 0 Å². The van der Waals surface area contributed by atoms with E-state index in [0.29, 0.717) is 21.6 Å². The van der Waals surface area contributed by atoms with Gasteiger partial charge in [0.25, 0.3) is 5.56 Å². The molecule has 0 radical (unpaired) electrons. The Morgan fingerprint density at radius 1 is 1.19 bits per heavy atom. The SMILES string of the molecule is Cc1cccc(-n2c(SCCC(F)(F)F)nc3cc(Cl)ccc3c2=O)c1. The second-order valence-electron chi connectivity index (χ2n) is 5.75. The van der Waals surface area contributed by atoms with Crippen LogP contribution in [0.15, 0.2) is 52.4 Å². The molecular formula is C18H14ClF3N2OS. The highest BCUT2D eigenvalue weighted by atomic mass is 35.5. The van der Waals surface area contributed by atoms with Crippen LogP contribution in [-0.4, -0.2) is 21.5 Å². The third-order valence-corrected chi connectivity index (χ3v) is 4.85. The molecule has 26 heavy (non-hydrogen) atoms. The summed E-state index contributed by atoms with van der Waals surface area (Å²) in [6.07, 6.45) is -5.23. The molecule has 0 fully saturated rings. The molecular weight excluding hydrogens is 385 g/mol. The summed E-state index contributed by atoms with van der Waals surface area (Å²) >= 11 is 6.86. The van der Waals surface area contributed by atoms with E-state index in [4.69, 9.17) is 11.6 Å². The first-order valence-corrected chi connectivity index (χ1v) is 9.10. The van der Waals surface area contributed by atoms with Gasteiger partial charge in [-0.05, 0) is 42.8 Å². The van der Waals surface area contributed by atoms with Crippen molar-refractivity contribution in [2.45, 2.75) is 24.7 Å². The predicted molar refractivity (Wildman–Crippen MR) is 98.5 cm³/mol. The van der Waals surface area contributed by atoms with Crippen LogP contribution in [-0.2, 0) is 0 Å². The van der Waals surface area contributed by atoms with Crippen LogP contribution in [0, 0.1) is 6.92 Å². The second-order valence-corrected chi connectivity index (χ2v) is 7.25. The van der Waals surface area contributed by atoms with Crippen molar-refractivity contribution in [2.24, 2.45) is 0 Å². The summed E-state index contributed by atoms with van der Waals surface area (Å²) in [6.45, 7) is 1.87. The largest absolute Gasteiger partial charge is 0.389 e. The van der Waals surface area contributed by atoms with E-state index in [9.17, 15) is 18.0 Å². The van der Waals surface area contributed by atoms with Gasteiger partial charge in [-0.25, -0.2) is 4.98 Å². The minimum Gasteiger partial charge on any atom is -0.268 e. The smallest absolute Gasteiger partial charge is 0.268 e. The van der Waals surface area contributed by atoms with Crippen molar-refractivity contribution in [3.63, 3.8) is 0 Å². The number of hydrogen-bond donors (Lipinski definition) is 0. The van der Waals surface area contributed by atoms with Gasteiger partial charge in [0.1, 0.15) is 0 Å². The van der Waals surface area contributed by atoms with Crippen LogP contribution in [0.4, 0.5) is 13.2 Å². The Morgan fingerprint density at radius 3 is 2.65 bits per heavy atom. The lowest BCUT2D eigenvalue weighted by Gasteiger charge is -2.14. The summed E-state index contributed by atoms with van der Waals surface area (Å²) in [6, 6.07) is 11.9. The average Bonchev–Trinajstić information content (AvgIpc) is 2.53. The lowest BCUT2D eigenvalue weighted by Crippen LogP contribution is -2.22. The zero-order valence-electron chi connectivity index (χ0n) is 13.7. The highest BCUT2D eigenvalue weighted by molar-refractivity contribution is 7.99. The molecule has 2 aromatic carbocycles. The van der Waals surface area contributed by atoms with Gasteiger partial charge in [-0.15, -0.1) is 0 Å². The summed E-state index contributed by atoms with van der Waals surface area (Å²) in [5.74, 6) is -0.228. The molecule has 8 heteroatoms. The number of nitrogens with zero attached hydrogens (tertiary/aromatic N) is 2. The maximum Gasteiger partial charge on any atom is 0.389 e. The topological polar surface area (TPSA) is 34.9 Å². The average molecular weight is 399 g/mol. The summed E-state index contributed by atoms with van der Waals surface area (Å²) in [7, 11) is 0. The van der Waals surface area contributed by atoms with Gasteiger partial charge in [-0.1, -0.05) is 35.5 Å². The Hall–Kier alpha value is -1.99. The molecule has 0 saturated heterocycles. The first-order chi connectivity index (χ1) is 12.2. The van der Waals surface area contributed by atoms with E-state index in [1.165, 1.54) is 10.6 Å². The quantitative estimate of drug-likeness (QED) is 0.436. The molecule has 0 amide bonds. The van der Waals surface area contributed by atoms with Crippen molar-refractivity contribution in [1.29, 1.82) is 0 Å². The fourth-order valence-electron chi connectivity index (χ4n) is 2.49. The highest BCUT2D eigenvalue weighted by Gasteiger charge is 2.27. The Kier molecular flexibility index (Phi) is 5.29. The number of aryl methyl sites for hydroxylation is 1. The van der Waals surface area contributed by atoms with Gasteiger partial charge >= 0.3 is 6.18 Å². The van der Waals surface area contributed by atoms with Crippen LogP contribution < -0.4 is 5.56 Å². The second kappa shape index (κ2) is 7.32. The summed E-state index contributed by atoms with van der Waals surface area (Å²) < 4.78 is 38.9. The number of halogens is 4. The molecule has 0 spiro atoms. The Balaban J connectivity index is 2.15. The molecule has 0 saturated carbocycles. The van der Waals surface area contributed by atoms with Crippen molar-refractivity contribution in [2.75, 3.05) is 5.75 Å². The van der Waals surface area contributed by atoms with Gasteiger partial charge in [-0.2, -0.15) is 13.2 Å². The molecule has 1 aromatic heterocycles. The molecule has 0 aliphatic carbocycles. The fourth-order valence-corrected chi connectivity index (χ4v) is 3.65. The number of thioether (sulfide) groups is 1. The van der Waals surface area contributed by atoms with Gasteiger partial charge < -0.3 is 0 Å². The number of rotatable bonds is 4. The minimum atomic E-state index is -4.26. The van der Waals surface area contributed by atoms with Crippen molar-refractivity contribution in [3.8, 4) is 5.69 Å². The molecule has 3 nitrogen and oxygen atoms in total. The molecule has 3 rings (SSSR count). The van der Waals surface area contributed by atoms with Crippen molar-refractivity contribution in [1.82, 2.24) is 9.55 Å². The van der Waals surface area contributed by atoms with Crippen LogP contribution in [0.2, 0.25) is 5.02 Å². The van der Waals surface area contributed by atoms with E-state index >= 15 is 0 Å². The Bertz CT molecular complexity index is 1020. The summed E-state index contributed by atoms with van der Waals surface area (Å²) in [5, 5.41) is 0.972. The molecule has 0 bridgehead atoms. The van der Waals surface area contributed by atoms with Gasteiger partial charge in [0.05, 0.1) is 23.0 Å². The molecule has 3 aromatic rings. The highest BCUT2D eigenvalue weighted by Crippen LogP contribution is 2.27. The van der Waals surface area contributed by atoms with E-state index in [1.54, 1.807) is 30.3 Å². The normalized spacial score (nSPS) is 11.9. The third-order valence-electron chi connectivity index (χ3n) is 3.68. The zero-order valence-corrected chi connectivity index (χ0v) is 15.3. The van der Waals surface area contributed by atoms with E-state index in [-0.39, 0.29) is 16.5 Å². The van der Waals surface area contributed by atoms with E-state index in [1.807, 2.05) is 13.0 Å². The molecule has 0 unspecified atom stereocenters. The Morgan fingerprint density at radius 2 is 1.96 bits per heavy atom. The number of alkyl halides is 3. The Labute approximate surface area is 156 Å². The van der Waals surface area contributed by atoms with Crippen molar-refractivity contribution in [3.05, 3.63) is 63.4 Å². The number of hydrogen-bond acceptors (Lipinski definition) is 3. The van der Waals surface area contributed by atoms with Gasteiger partial charge in [0.15, 0.2) is 5.16 Å². The van der Waals surface area contributed by atoms with Crippen molar-refractivity contribution < 1.29 is 13.2 Å². The van der Waals surface area contributed by atoms with Crippen LogP contribution in [0.3, 0.4) is 0 Å². The van der Waals surface area contributed by atoms with E-state index in [2.05, 4.69) is 4.98 Å². The minimum absolute atomic E-state index is 0.208. The molecule has 1 heterocycles. The summed E-state index contributed by atoms with van der Waals surface area (Å²) in [5.41, 5.74) is 1.51. The lowest BCUT2D eigenvalue weighted by atomic mass is 10.2. The standard InChI is InChI=1S/C18H14ClF3N2OS/c1-11-3-2-4-13(9-11)24-16(25)14-6-5-12(19)10-15(14)23-17(24)26-8-7-18(20,21)22/h2-6,9-10H,7-8H2,1H3. The number of aromatic nitrogens is 2. The maximum absolute atomic E-state index is 13.0. The van der Waals surface area contributed by atoms with Gasteiger partial charge in [0, 0.05) is 10.8 Å². The number of fused-ring (bicyclic) bond motifs is 1. The zero-order chi connectivity index (χ0) is 18.9. The van der Waals surface area contributed by atoms with Crippen LogP contribution >= 0.6 is 23.4 Å². The van der Waals surface area contributed by atoms with Crippen LogP contribution in [0.5, 0.6) is 0 Å². The van der Waals surface area contributed by atoms with E-state index < -0.39 is 12.6 Å². The molecule has 0 aliphatic rings. The predicted octanol–water partition coefficient (Wildman–Crippen LogP) is 5.39. The van der Waals surface area contributed by atoms with Crippen molar-refractivity contribution >= 4 is 34.3 Å². The third kappa shape index (κ3) is 4.22. The van der Waals surface area contributed by atoms with Gasteiger partial charge in [-0.3, -0.25) is 9.36 Å². The maximum atomic E-state index is 13.0. The van der Waals surface area contributed by atoms with E-state index in [0.717, 1.165) is 17.3 Å². The monoisotopic (exact) mass is 398 g/mol. The fraction of sp³-hybridized carbons (Fsp3) is 0.222. The number of benzene rings is 2. The molecule has 0 aliphatic heterocycles. The first-order valence-electron chi connectivity index (χ1n) is 7.73. The van der Waals surface area contributed by atoms with Crippen LogP contribution in [0.25, 0.3) is 16.6 Å².